The number of anilines is 2. The van der Waals surface area contributed by atoms with Crippen molar-refractivity contribution in [1.82, 2.24) is 0 Å². The van der Waals surface area contributed by atoms with Gasteiger partial charge < -0.3 is 24.8 Å². The molecule has 0 atom stereocenters. The van der Waals surface area contributed by atoms with Crippen molar-refractivity contribution in [1.29, 1.82) is 0 Å². The van der Waals surface area contributed by atoms with Crippen LogP contribution in [0.2, 0.25) is 5.02 Å². The molecule has 0 radical (unpaired) electrons. The summed E-state index contributed by atoms with van der Waals surface area (Å²) in [4.78, 5) is 23.7. The lowest BCUT2D eigenvalue weighted by atomic mass is 10.1. The van der Waals surface area contributed by atoms with Gasteiger partial charge in [-0.25, -0.2) is 0 Å². The summed E-state index contributed by atoms with van der Waals surface area (Å²) in [6.07, 6.45) is 2.99. The van der Waals surface area contributed by atoms with Crippen LogP contribution in [0.15, 0.2) is 36.4 Å². The van der Waals surface area contributed by atoms with Crippen LogP contribution in [0.1, 0.15) is 12.5 Å². The Labute approximate surface area is 167 Å². The van der Waals surface area contributed by atoms with Crippen molar-refractivity contribution in [3.05, 3.63) is 47.0 Å². The average Bonchev–Trinajstić information content (AvgIpc) is 2.67. The third-order valence-electron chi connectivity index (χ3n) is 3.83. The topological polar surface area (TPSA) is 85.9 Å². The summed E-state index contributed by atoms with van der Waals surface area (Å²) in [6.45, 7) is 2.29. The zero-order valence-electron chi connectivity index (χ0n) is 15.4. The molecule has 0 saturated heterocycles. The Balaban J connectivity index is 1.78. The number of hydrogen-bond donors (Lipinski definition) is 2. The van der Waals surface area contributed by atoms with Gasteiger partial charge in [0.05, 0.1) is 18.5 Å². The molecule has 8 heteroatoms. The Hall–Kier alpha value is -3.19. The SMILES string of the molecule is COc1cc(/C=C/C(=O)Nc2cc(Cl)ccc2NC(C)=O)cc2c1OCCO2. The van der Waals surface area contributed by atoms with E-state index in [4.69, 9.17) is 25.8 Å². The van der Waals surface area contributed by atoms with Crippen LogP contribution in [-0.2, 0) is 9.59 Å². The molecule has 0 spiro atoms. The van der Waals surface area contributed by atoms with Crippen LogP contribution in [0, 0.1) is 0 Å². The number of carbonyl (C=O) groups excluding carboxylic acids is 2. The molecule has 0 unspecified atom stereocenters. The molecular weight excluding hydrogens is 384 g/mol. The van der Waals surface area contributed by atoms with Gasteiger partial charge in [0, 0.05) is 18.0 Å². The number of nitrogens with one attached hydrogen (secondary N) is 2. The summed E-state index contributed by atoms with van der Waals surface area (Å²) in [6, 6.07) is 8.32. The van der Waals surface area contributed by atoms with E-state index in [0.717, 1.165) is 0 Å². The molecule has 2 aromatic carbocycles. The second-order valence-corrected chi connectivity index (χ2v) is 6.38. The summed E-state index contributed by atoms with van der Waals surface area (Å²) in [5, 5.41) is 5.79. The molecule has 0 fully saturated rings. The molecule has 1 aliphatic heterocycles. The van der Waals surface area contributed by atoms with Gasteiger partial charge in [0.2, 0.25) is 17.6 Å². The van der Waals surface area contributed by atoms with Crippen molar-refractivity contribution < 1.29 is 23.8 Å². The van der Waals surface area contributed by atoms with Crippen LogP contribution in [0.5, 0.6) is 17.2 Å². The number of benzene rings is 2. The standard InChI is InChI=1S/C20H19ClN2O5/c1-12(24)22-15-5-4-14(21)11-16(15)23-19(25)6-3-13-9-17(26-2)20-18(10-13)27-7-8-28-20/h3-6,9-11H,7-8H2,1-2H3,(H,22,24)(H,23,25)/b6-3+. The van der Waals surface area contributed by atoms with Gasteiger partial charge in [0.1, 0.15) is 13.2 Å². The monoisotopic (exact) mass is 402 g/mol. The Bertz CT molecular complexity index is 925. The van der Waals surface area contributed by atoms with Gasteiger partial charge in [0.15, 0.2) is 11.5 Å². The predicted octanol–water partition coefficient (Wildman–Crippen LogP) is 3.73. The Morgan fingerprint density at radius 3 is 2.64 bits per heavy atom. The lowest BCUT2D eigenvalue weighted by Gasteiger charge is -2.20. The maximum atomic E-state index is 12.3. The molecule has 0 saturated carbocycles. The number of halogens is 1. The second kappa shape index (κ2) is 8.67. The number of hydrogen-bond acceptors (Lipinski definition) is 5. The van der Waals surface area contributed by atoms with Gasteiger partial charge in [-0.3, -0.25) is 9.59 Å². The van der Waals surface area contributed by atoms with E-state index in [9.17, 15) is 9.59 Å². The molecule has 2 aromatic rings. The molecule has 1 aliphatic rings. The number of ether oxygens (including phenoxy) is 3. The van der Waals surface area contributed by atoms with E-state index in [2.05, 4.69) is 10.6 Å². The van der Waals surface area contributed by atoms with E-state index < -0.39 is 0 Å². The van der Waals surface area contributed by atoms with Crippen molar-refractivity contribution in [3.63, 3.8) is 0 Å². The molecular formula is C20H19ClN2O5. The normalized spacial score (nSPS) is 12.5. The fourth-order valence-electron chi connectivity index (χ4n) is 2.65. The maximum Gasteiger partial charge on any atom is 0.248 e. The first-order valence-corrected chi connectivity index (χ1v) is 8.88. The van der Waals surface area contributed by atoms with E-state index in [-0.39, 0.29) is 11.8 Å². The fourth-order valence-corrected chi connectivity index (χ4v) is 2.83. The number of methoxy groups -OCH3 is 1. The third-order valence-corrected chi connectivity index (χ3v) is 4.06. The molecule has 0 aromatic heterocycles. The summed E-state index contributed by atoms with van der Waals surface area (Å²) >= 11 is 5.99. The molecule has 0 bridgehead atoms. The van der Waals surface area contributed by atoms with Crippen molar-refractivity contribution in [3.8, 4) is 17.2 Å². The quantitative estimate of drug-likeness (QED) is 0.744. The van der Waals surface area contributed by atoms with Gasteiger partial charge in [-0.1, -0.05) is 11.6 Å². The van der Waals surface area contributed by atoms with Crippen LogP contribution in [-0.4, -0.2) is 32.1 Å². The molecule has 1 heterocycles. The van der Waals surface area contributed by atoms with Crippen LogP contribution >= 0.6 is 11.6 Å². The van der Waals surface area contributed by atoms with Gasteiger partial charge in [0.25, 0.3) is 0 Å². The van der Waals surface area contributed by atoms with Gasteiger partial charge >= 0.3 is 0 Å². The first kappa shape index (κ1) is 19.6. The fraction of sp³-hybridized carbons (Fsp3) is 0.200. The second-order valence-electron chi connectivity index (χ2n) is 5.94. The zero-order valence-corrected chi connectivity index (χ0v) is 16.1. The Morgan fingerprint density at radius 2 is 1.89 bits per heavy atom. The summed E-state index contributed by atoms with van der Waals surface area (Å²) < 4.78 is 16.5. The van der Waals surface area contributed by atoms with E-state index in [1.165, 1.54) is 20.1 Å². The van der Waals surface area contributed by atoms with Crippen LogP contribution in [0.3, 0.4) is 0 Å². The van der Waals surface area contributed by atoms with E-state index in [1.807, 2.05) is 0 Å². The zero-order chi connectivity index (χ0) is 20.1. The van der Waals surface area contributed by atoms with Crippen molar-refractivity contribution in [2.45, 2.75) is 6.92 Å². The Morgan fingerprint density at radius 1 is 1.11 bits per heavy atom. The maximum absolute atomic E-state index is 12.3. The highest BCUT2D eigenvalue weighted by atomic mass is 35.5. The largest absolute Gasteiger partial charge is 0.493 e. The van der Waals surface area contributed by atoms with Crippen LogP contribution in [0.25, 0.3) is 6.08 Å². The molecule has 2 N–H and O–H groups in total. The highest BCUT2D eigenvalue weighted by molar-refractivity contribution is 6.31. The summed E-state index contributed by atoms with van der Waals surface area (Å²) in [5.74, 6) is 1.00. The number of amides is 2. The van der Waals surface area contributed by atoms with Gasteiger partial charge in [-0.05, 0) is 42.0 Å². The average molecular weight is 403 g/mol. The van der Waals surface area contributed by atoms with Crippen molar-refractivity contribution in [2.24, 2.45) is 0 Å². The first-order valence-electron chi connectivity index (χ1n) is 8.50. The minimum Gasteiger partial charge on any atom is -0.493 e. The minimum atomic E-state index is -0.386. The van der Waals surface area contributed by atoms with E-state index in [1.54, 1.807) is 36.4 Å². The van der Waals surface area contributed by atoms with Crippen molar-refractivity contribution >= 4 is 40.9 Å². The molecule has 3 rings (SSSR count). The summed E-state index contributed by atoms with van der Waals surface area (Å²) in [5.41, 5.74) is 1.57. The first-order chi connectivity index (χ1) is 13.5. The Kier molecular flexibility index (Phi) is 6.06. The lowest BCUT2D eigenvalue weighted by molar-refractivity contribution is -0.114. The highest BCUT2D eigenvalue weighted by Gasteiger charge is 2.17. The summed E-state index contributed by atoms with van der Waals surface area (Å²) in [7, 11) is 1.54. The van der Waals surface area contributed by atoms with Gasteiger partial charge in [-0.15, -0.1) is 0 Å². The van der Waals surface area contributed by atoms with E-state index in [0.29, 0.717) is 52.4 Å². The number of carbonyl (C=O) groups is 2. The van der Waals surface area contributed by atoms with Crippen LogP contribution in [0.4, 0.5) is 11.4 Å². The molecule has 146 valence electrons. The minimum absolute atomic E-state index is 0.253. The van der Waals surface area contributed by atoms with E-state index >= 15 is 0 Å². The number of fused-ring (bicyclic) bond motifs is 1. The molecule has 0 aliphatic carbocycles. The molecule has 28 heavy (non-hydrogen) atoms. The lowest BCUT2D eigenvalue weighted by Crippen LogP contribution is -2.16. The number of rotatable bonds is 5. The highest BCUT2D eigenvalue weighted by Crippen LogP contribution is 2.40. The molecule has 7 nitrogen and oxygen atoms in total. The third kappa shape index (κ3) is 4.75. The van der Waals surface area contributed by atoms with Gasteiger partial charge in [-0.2, -0.15) is 0 Å². The molecule has 2 amide bonds. The van der Waals surface area contributed by atoms with Crippen molar-refractivity contribution in [2.75, 3.05) is 31.0 Å². The smallest absolute Gasteiger partial charge is 0.248 e. The predicted molar refractivity (Wildman–Crippen MR) is 107 cm³/mol. The van der Waals surface area contributed by atoms with Crippen LogP contribution < -0.4 is 24.8 Å².